The Kier molecular flexibility index (Phi) is 5.05. The van der Waals surface area contributed by atoms with Crippen molar-refractivity contribution in [1.29, 1.82) is 0 Å². The standard InChI is InChI=1S/C17H31N3O2/c1-13(14(2)20-7-9-22-10-8-20)19-16(21)17-6-4-3-5-15(17)11-18-12-17/h13-15,18H,3-12H2,1-2H3,(H,19,21)/t13?,14?,15-,17+/m0/s1. The first-order chi connectivity index (χ1) is 10.6. The van der Waals surface area contributed by atoms with Crippen molar-refractivity contribution in [1.82, 2.24) is 15.5 Å². The van der Waals surface area contributed by atoms with Crippen LogP contribution in [0.2, 0.25) is 0 Å². The number of amides is 1. The number of hydrogen-bond donors (Lipinski definition) is 2. The predicted octanol–water partition coefficient (Wildman–Crippen LogP) is 0.992. The number of rotatable bonds is 4. The largest absolute Gasteiger partial charge is 0.379 e. The first-order valence-electron chi connectivity index (χ1n) is 8.97. The van der Waals surface area contributed by atoms with Crippen molar-refractivity contribution in [2.45, 2.75) is 51.6 Å². The van der Waals surface area contributed by atoms with Crippen LogP contribution < -0.4 is 10.6 Å². The number of hydrogen-bond acceptors (Lipinski definition) is 4. The molecule has 126 valence electrons. The lowest BCUT2D eigenvalue weighted by atomic mass is 9.67. The molecule has 0 radical (unpaired) electrons. The first kappa shape index (κ1) is 16.2. The third-order valence-electron chi connectivity index (χ3n) is 6.19. The fourth-order valence-electron chi connectivity index (χ4n) is 4.46. The molecule has 3 fully saturated rings. The van der Waals surface area contributed by atoms with Gasteiger partial charge in [0.05, 0.1) is 18.6 Å². The van der Waals surface area contributed by atoms with E-state index in [9.17, 15) is 4.79 Å². The molecular weight excluding hydrogens is 278 g/mol. The highest BCUT2D eigenvalue weighted by atomic mass is 16.5. The molecule has 5 nitrogen and oxygen atoms in total. The van der Waals surface area contributed by atoms with Crippen molar-refractivity contribution in [2.24, 2.45) is 11.3 Å². The maximum atomic E-state index is 13.0. The molecule has 3 aliphatic rings. The zero-order chi connectivity index (χ0) is 15.6. The minimum atomic E-state index is -0.142. The van der Waals surface area contributed by atoms with Gasteiger partial charge in [0.1, 0.15) is 0 Å². The number of nitrogens with zero attached hydrogens (tertiary/aromatic N) is 1. The summed E-state index contributed by atoms with van der Waals surface area (Å²) in [4.78, 5) is 15.4. The van der Waals surface area contributed by atoms with Crippen LogP contribution in [0.15, 0.2) is 0 Å². The molecule has 1 saturated carbocycles. The Bertz CT molecular complexity index is 397. The van der Waals surface area contributed by atoms with Crippen molar-refractivity contribution in [3.8, 4) is 0 Å². The Labute approximate surface area is 134 Å². The molecule has 2 N–H and O–H groups in total. The fraction of sp³-hybridized carbons (Fsp3) is 0.941. The summed E-state index contributed by atoms with van der Waals surface area (Å²) in [6.45, 7) is 9.80. The summed E-state index contributed by atoms with van der Waals surface area (Å²) in [5.74, 6) is 0.821. The Morgan fingerprint density at radius 1 is 1.32 bits per heavy atom. The van der Waals surface area contributed by atoms with Crippen molar-refractivity contribution in [3.63, 3.8) is 0 Å². The highest BCUT2D eigenvalue weighted by Gasteiger charge is 2.50. The second kappa shape index (κ2) is 6.85. The van der Waals surface area contributed by atoms with Crippen LogP contribution in [0, 0.1) is 11.3 Å². The second-order valence-corrected chi connectivity index (χ2v) is 7.38. The van der Waals surface area contributed by atoms with Crippen molar-refractivity contribution in [3.05, 3.63) is 0 Å². The van der Waals surface area contributed by atoms with Crippen LogP contribution in [-0.4, -0.2) is 62.3 Å². The Hall–Kier alpha value is -0.650. The van der Waals surface area contributed by atoms with Crippen LogP contribution in [0.3, 0.4) is 0 Å². The minimum absolute atomic E-state index is 0.142. The zero-order valence-electron chi connectivity index (χ0n) is 14.1. The molecule has 2 heterocycles. The van der Waals surface area contributed by atoms with Crippen LogP contribution in [0.5, 0.6) is 0 Å². The van der Waals surface area contributed by atoms with E-state index in [2.05, 4.69) is 29.4 Å². The van der Waals surface area contributed by atoms with E-state index in [-0.39, 0.29) is 17.4 Å². The number of morpholine rings is 1. The number of fused-ring (bicyclic) bond motifs is 1. The summed E-state index contributed by atoms with van der Waals surface area (Å²) in [5.41, 5.74) is -0.142. The lowest BCUT2D eigenvalue weighted by Crippen LogP contribution is -2.56. The van der Waals surface area contributed by atoms with E-state index in [1.807, 2.05) is 0 Å². The molecule has 2 saturated heterocycles. The van der Waals surface area contributed by atoms with Gasteiger partial charge >= 0.3 is 0 Å². The monoisotopic (exact) mass is 309 g/mol. The zero-order valence-corrected chi connectivity index (χ0v) is 14.1. The van der Waals surface area contributed by atoms with E-state index in [0.29, 0.717) is 12.0 Å². The van der Waals surface area contributed by atoms with Gasteiger partial charge in [0.25, 0.3) is 0 Å². The lowest BCUT2D eigenvalue weighted by molar-refractivity contribution is -0.135. The van der Waals surface area contributed by atoms with E-state index in [4.69, 9.17) is 4.74 Å². The van der Waals surface area contributed by atoms with Crippen molar-refractivity contribution < 1.29 is 9.53 Å². The van der Waals surface area contributed by atoms with Crippen LogP contribution in [0.1, 0.15) is 39.5 Å². The summed E-state index contributed by atoms with van der Waals surface area (Å²) in [5, 5.41) is 6.81. The van der Waals surface area contributed by atoms with E-state index in [1.165, 1.54) is 19.3 Å². The Morgan fingerprint density at radius 3 is 2.86 bits per heavy atom. The molecule has 2 unspecified atom stereocenters. The van der Waals surface area contributed by atoms with Gasteiger partial charge < -0.3 is 15.4 Å². The third-order valence-corrected chi connectivity index (χ3v) is 6.19. The number of carbonyl (C=O) groups is 1. The SMILES string of the molecule is CC(NC(=O)[C@@]12CCCC[C@H]1CNC2)C(C)N1CCOCC1. The molecule has 3 rings (SSSR count). The van der Waals surface area contributed by atoms with Gasteiger partial charge in [0, 0.05) is 31.7 Å². The smallest absolute Gasteiger partial charge is 0.228 e. The van der Waals surface area contributed by atoms with Crippen LogP contribution in [-0.2, 0) is 9.53 Å². The fourth-order valence-corrected chi connectivity index (χ4v) is 4.46. The Balaban J connectivity index is 1.60. The van der Waals surface area contributed by atoms with E-state index < -0.39 is 0 Å². The summed E-state index contributed by atoms with van der Waals surface area (Å²) in [6, 6.07) is 0.545. The van der Waals surface area contributed by atoms with E-state index in [1.54, 1.807) is 0 Å². The van der Waals surface area contributed by atoms with Gasteiger partial charge in [-0.05, 0) is 39.2 Å². The average molecular weight is 309 g/mol. The van der Waals surface area contributed by atoms with E-state index in [0.717, 1.165) is 45.8 Å². The molecular formula is C17H31N3O2. The van der Waals surface area contributed by atoms with Gasteiger partial charge in [-0.3, -0.25) is 9.69 Å². The highest BCUT2D eigenvalue weighted by molar-refractivity contribution is 5.84. The summed E-state index contributed by atoms with van der Waals surface area (Å²) >= 11 is 0. The maximum Gasteiger partial charge on any atom is 0.228 e. The molecule has 0 aromatic rings. The first-order valence-corrected chi connectivity index (χ1v) is 8.97. The Morgan fingerprint density at radius 2 is 2.09 bits per heavy atom. The van der Waals surface area contributed by atoms with Gasteiger partial charge in [-0.2, -0.15) is 0 Å². The molecule has 0 aromatic heterocycles. The number of ether oxygens (including phenoxy) is 1. The molecule has 1 amide bonds. The third kappa shape index (κ3) is 3.03. The minimum Gasteiger partial charge on any atom is -0.379 e. The second-order valence-electron chi connectivity index (χ2n) is 7.38. The predicted molar refractivity (Wildman–Crippen MR) is 86.7 cm³/mol. The summed E-state index contributed by atoms with van der Waals surface area (Å²) < 4.78 is 5.42. The maximum absolute atomic E-state index is 13.0. The molecule has 2 aliphatic heterocycles. The van der Waals surface area contributed by atoms with Gasteiger partial charge in [-0.1, -0.05) is 12.8 Å². The van der Waals surface area contributed by atoms with Gasteiger partial charge in [-0.15, -0.1) is 0 Å². The highest BCUT2D eigenvalue weighted by Crippen LogP contribution is 2.44. The molecule has 4 atom stereocenters. The average Bonchev–Trinajstić information content (AvgIpc) is 3.00. The number of nitrogens with one attached hydrogen (secondary N) is 2. The summed E-state index contributed by atoms with van der Waals surface area (Å²) in [7, 11) is 0. The topological polar surface area (TPSA) is 53.6 Å². The molecule has 0 bridgehead atoms. The van der Waals surface area contributed by atoms with Gasteiger partial charge in [-0.25, -0.2) is 0 Å². The normalized spacial score (nSPS) is 35.6. The molecule has 22 heavy (non-hydrogen) atoms. The lowest BCUT2D eigenvalue weighted by Gasteiger charge is -2.40. The van der Waals surface area contributed by atoms with Crippen molar-refractivity contribution in [2.75, 3.05) is 39.4 Å². The molecule has 1 aliphatic carbocycles. The van der Waals surface area contributed by atoms with E-state index >= 15 is 0 Å². The molecule has 0 spiro atoms. The quantitative estimate of drug-likeness (QED) is 0.813. The van der Waals surface area contributed by atoms with Gasteiger partial charge in [0.2, 0.25) is 5.91 Å². The van der Waals surface area contributed by atoms with Crippen LogP contribution in [0.25, 0.3) is 0 Å². The van der Waals surface area contributed by atoms with Crippen molar-refractivity contribution >= 4 is 5.91 Å². The van der Waals surface area contributed by atoms with Crippen LogP contribution in [0.4, 0.5) is 0 Å². The molecule has 0 aromatic carbocycles. The number of carbonyl (C=O) groups excluding carboxylic acids is 1. The molecule has 5 heteroatoms. The van der Waals surface area contributed by atoms with Crippen LogP contribution >= 0.6 is 0 Å². The van der Waals surface area contributed by atoms with Gasteiger partial charge in [0.15, 0.2) is 0 Å². The summed E-state index contributed by atoms with van der Waals surface area (Å²) in [6.07, 6.45) is 4.73.